The fourth-order valence-electron chi connectivity index (χ4n) is 3.91. The van der Waals surface area contributed by atoms with Gasteiger partial charge in [-0.1, -0.05) is 12.1 Å². The number of anilines is 1. The molecular formula is C24H27F3N4O3S. The van der Waals surface area contributed by atoms with Crippen LogP contribution >= 0.6 is 0 Å². The molecule has 7 nitrogen and oxygen atoms in total. The molecule has 1 aliphatic rings. The molecule has 0 aliphatic heterocycles. The second-order valence-electron chi connectivity index (χ2n) is 9.51. The predicted molar refractivity (Wildman–Crippen MR) is 126 cm³/mol. The predicted octanol–water partition coefficient (Wildman–Crippen LogP) is 4.75. The van der Waals surface area contributed by atoms with Crippen molar-refractivity contribution in [1.29, 1.82) is 0 Å². The van der Waals surface area contributed by atoms with Crippen LogP contribution in [0.2, 0.25) is 0 Å². The average Bonchev–Trinajstić information content (AvgIpc) is 3.59. The van der Waals surface area contributed by atoms with Crippen molar-refractivity contribution in [1.82, 2.24) is 15.0 Å². The van der Waals surface area contributed by atoms with Crippen LogP contribution < -0.4 is 5.32 Å². The monoisotopic (exact) mass is 508 g/mol. The number of aromatic nitrogens is 3. The zero-order chi connectivity index (χ0) is 25.9. The Morgan fingerprint density at radius 2 is 1.80 bits per heavy atom. The Morgan fingerprint density at radius 3 is 2.40 bits per heavy atom. The van der Waals surface area contributed by atoms with Crippen molar-refractivity contribution in [2.75, 3.05) is 5.32 Å². The summed E-state index contributed by atoms with van der Waals surface area (Å²) < 4.78 is 70.3. The van der Waals surface area contributed by atoms with Crippen molar-refractivity contribution < 1.29 is 26.7 Å². The fourth-order valence-corrected chi connectivity index (χ4v) is 5.56. The van der Waals surface area contributed by atoms with Gasteiger partial charge in [-0.05, 0) is 59.6 Å². The van der Waals surface area contributed by atoms with Gasteiger partial charge in [0.05, 0.1) is 28.1 Å². The van der Waals surface area contributed by atoms with Gasteiger partial charge in [-0.15, -0.1) is 0 Å². The van der Waals surface area contributed by atoms with Crippen molar-refractivity contribution in [3.05, 3.63) is 52.7 Å². The fraction of sp³-hybridized carbons (Fsp3) is 0.458. The van der Waals surface area contributed by atoms with E-state index in [-0.39, 0.29) is 16.4 Å². The minimum absolute atomic E-state index is 0.0626. The third kappa shape index (κ3) is 4.47. The molecule has 2 aromatic heterocycles. The normalized spacial score (nSPS) is 15.9. The number of alkyl halides is 2. The van der Waals surface area contributed by atoms with E-state index < -0.39 is 44.0 Å². The van der Waals surface area contributed by atoms with Crippen molar-refractivity contribution in [3.8, 4) is 0 Å². The highest BCUT2D eigenvalue weighted by Gasteiger charge is 2.49. The van der Waals surface area contributed by atoms with Crippen LogP contribution in [0.3, 0.4) is 0 Å². The molecule has 0 saturated heterocycles. The van der Waals surface area contributed by atoms with Crippen LogP contribution in [0.1, 0.15) is 62.3 Å². The molecule has 3 aromatic rings. The van der Waals surface area contributed by atoms with Crippen LogP contribution in [0.5, 0.6) is 0 Å². The van der Waals surface area contributed by atoms with E-state index in [0.29, 0.717) is 35.3 Å². The Labute approximate surface area is 201 Å². The molecule has 4 rings (SSSR count). The maximum absolute atomic E-state index is 15.3. The molecule has 11 heteroatoms. The molecule has 1 saturated carbocycles. The van der Waals surface area contributed by atoms with Crippen LogP contribution in [-0.2, 0) is 15.8 Å². The largest absolute Gasteiger partial charge is 0.384 e. The first-order chi connectivity index (χ1) is 16.1. The minimum atomic E-state index is -3.83. The van der Waals surface area contributed by atoms with Crippen molar-refractivity contribution in [2.24, 2.45) is 0 Å². The molecule has 0 bridgehead atoms. The molecule has 0 spiro atoms. The second-order valence-corrected chi connectivity index (χ2v) is 11.7. The highest BCUT2D eigenvalue weighted by atomic mass is 32.2. The molecular weight excluding hydrogens is 481 g/mol. The lowest BCUT2D eigenvalue weighted by atomic mass is 9.91. The second kappa shape index (κ2) is 8.41. The van der Waals surface area contributed by atoms with E-state index in [1.165, 1.54) is 18.2 Å². The Hall–Kier alpha value is -2.79. The molecule has 2 heterocycles. The molecule has 1 fully saturated rings. The van der Waals surface area contributed by atoms with Crippen LogP contribution in [0.25, 0.3) is 10.9 Å². The number of rotatable bonds is 7. The third-order valence-electron chi connectivity index (χ3n) is 6.16. The molecule has 1 aromatic carbocycles. The van der Waals surface area contributed by atoms with Crippen LogP contribution in [0.4, 0.5) is 19.0 Å². The standard InChI is InChI=1S/C24H27F3N4O3S/c1-12(16-7-6-8-18(20(16)25)24(26,27)23(4,5)32)29-22-17-11-19(35(33,34)15-9-10-15)28-13(2)21(17)30-14(3)31-22/h6-8,11-12,15,32H,9-10H2,1-5H3,(H,29,30,31)/t12-/m1/s1. The van der Waals surface area contributed by atoms with Gasteiger partial charge in [0.1, 0.15) is 23.1 Å². The van der Waals surface area contributed by atoms with E-state index >= 15 is 4.39 Å². The number of hydrogen-bond donors (Lipinski definition) is 2. The summed E-state index contributed by atoms with van der Waals surface area (Å²) in [6.45, 7) is 6.70. The van der Waals surface area contributed by atoms with Gasteiger partial charge < -0.3 is 10.4 Å². The van der Waals surface area contributed by atoms with E-state index in [0.717, 1.165) is 19.9 Å². The Bertz CT molecular complexity index is 1420. The third-order valence-corrected chi connectivity index (χ3v) is 8.30. The number of aryl methyl sites for hydroxylation is 2. The first kappa shape index (κ1) is 25.3. The Kier molecular flexibility index (Phi) is 6.08. The number of sulfone groups is 1. The van der Waals surface area contributed by atoms with Gasteiger partial charge in [0.25, 0.3) is 0 Å². The van der Waals surface area contributed by atoms with Gasteiger partial charge in [-0.2, -0.15) is 8.78 Å². The first-order valence-corrected chi connectivity index (χ1v) is 12.7. The van der Waals surface area contributed by atoms with Gasteiger partial charge in [0.15, 0.2) is 14.9 Å². The number of hydrogen-bond acceptors (Lipinski definition) is 7. The van der Waals surface area contributed by atoms with Gasteiger partial charge in [0, 0.05) is 10.9 Å². The summed E-state index contributed by atoms with van der Waals surface area (Å²) in [5, 5.41) is 12.8. The van der Waals surface area contributed by atoms with E-state index in [4.69, 9.17) is 0 Å². The van der Waals surface area contributed by atoms with Crippen LogP contribution in [0.15, 0.2) is 29.3 Å². The number of nitrogens with zero attached hydrogens (tertiary/aromatic N) is 3. The number of benzene rings is 1. The molecule has 2 N–H and O–H groups in total. The van der Waals surface area contributed by atoms with Gasteiger partial charge in [0.2, 0.25) is 0 Å². The minimum Gasteiger partial charge on any atom is -0.384 e. The lowest BCUT2D eigenvalue weighted by Crippen LogP contribution is -2.41. The van der Waals surface area contributed by atoms with Crippen molar-refractivity contribution in [3.63, 3.8) is 0 Å². The summed E-state index contributed by atoms with van der Waals surface area (Å²) in [5.41, 5.74) is -2.62. The zero-order valence-electron chi connectivity index (χ0n) is 20.0. The van der Waals surface area contributed by atoms with Crippen molar-refractivity contribution >= 4 is 26.6 Å². The number of fused-ring (bicyclic) bond motifs is 1. The van der Waals surface area contributed by atoms with Crippen LogP contribution in [-0.4, -0.2) is 39.3 Å². The lowest BCUT2D eigenvalue weighted by Gasteiger charge is -2.30. The molecule has 1 aliphatic carbocycles. The summed E-state index contributed by atoms with van der Waals surface area (Å²) >= 11 is 0. The molecule has 0 radical (unpaired) electrons. The van der Waals surface area contributed by atoms with Crippen molar-refractivity contribution in [2.45, 2.75) is 75.3 Å². The summed E-state index contributed by atoms with van der Waals surface area (Å²) in [7, 11) is -3.59. The maximum atomic E-state index is 15.3. The van der Waals surface area contributed by atoms with E-state index in [2.05, 4.69) is 20.3 Å². The zero-order valence-corrected chi connectivity index (χ0v) is 20.8. The number of aliphatic hydroxyl groups is 1. The average molecular weight is 509 g/mol. The van der Waals surface area contributed by atoms with E-state index in [1.807, 2.05) is 0 Å². The molecule has 1 atom stereocenters. The summed E-state index contributed by atoms with van der Waals surface area (Å²) in [4.78, 5) is 13.0. The lowest BCUT2D eigenvalue weighted by molar-refractivity contribution is -0.170. The van der Waals surface area contributed by atoms with E-state index in [1.54, 1.807) is 20.8 Å². The highest BCUT2D eigenvalue weighted by Crippen LogP contribution is 2.41. The smallest absolute Gasteiger partial charge is 0.303 e. The SMILES string of the molecule is Cc1nc(N[C@H](C)c2cccc(C(F)(F)C(C)(C)O)c2F)c2cc(S(=O)(=O)C3CC3)nc(C)c2n1. The van der Waals surface area contributed by atoms with E-state index in [9.17, 15) is 22.3 Å². The molecule has 188 valence electrons. The van der Waals surface area contributed by atoms with Gasteiger partial charge in [-0.25, -0.2) is 27.8 Å². The summed E-state index contributed by atoms with van der Waals surface area (Å²) in [5.74, 6) is -4.38. The summed E-state index contributed by atoms with van der Waals surface area (Å²) in [6.07, 6.45) is 1.16. The van der Waals surface area contributed by atoms with Gasteiger partial charge in [-0.3, -0.25) is 0 Å². The number of halogens is 3. The molecule has 35 heavy (non-hydrogen) atoms. The van der Waals surface area contributed by atoms with Crippen LogP contribution in [0, 0.1) is 19.7 Å². The summed E-state index contributed by atoms with van der Waals surface area (Å²) in [6, 6.07) is 4.17. The molecule has 0 unspecified atom stereocenters. The highest BCUT2D eigenvalue weighted by molar-refractivity contribution is 7.92. The maximum Gasteiger partial charge on any atom is 0.303 e. The number of nitrogens with one attached hydrogen (secondary N) is 1. The molecule has 0 amide bonds. The Balaban J connectivity index is 1.79. The first-order valence-electron chi connectivity index (χ1n) is 11.2. The van der Waals surface area contributed by atoms with Gasteiger partial charge >= 0.3 is 5.92 Å². The number of pyridine rings is 1. The topological polar surface area (TPSA) is 105 Å². The Morgan fingerprint density at radius 1 is 1.14 bits per heavy atom. The quantitative estimate of drug-likeness (QED) is 0.474.